The molecule has 5 nitrogen and oxygen atoms in total. The van der Waals surface area contributed by atoms with Crippen LogP contribution in [0.25, 0.3) is 0 Å². The van der Waals surface area contributed by atoms with E-state index >= 15 is 0 Å². The maximum Gasteiger partial charge on any atom is 0.338 e. The highest BCUT2D eigenvalue weighted by atomic mass is 32.2. The normalized spacial score (nSPS) is 23.2. The number of carboxylic acids is 1. The predicted octanol–water partition coefficient (Wildman–Crippen LogP) is 1.75. The van der Waals surface area contributed by atoms with Gasteiger partial charge in [-0.2, -0.15) is 11.8 Å². The van der Waals surface area contributed by atoms with Crippen molar-refractivity contribution in [1.29, 1.82) is 0 Å². The molecule has 0 bridgehead atoms. The quantitative estimate of drug-likeness (QED) is 0.893. The minimum absolute atomic E-state index is 0.0290. The smallest absolute Gasteiger partial charge is 0.338 e. The van der Waals surface area contributed by atoms with E-state index in [9.17, 15) is 9.59 Å². The molecule has 0 aliphatic carbocycles. The molecular formula is C13H16N2O3S. The van der Waals surface area contributed by atoms with Gasteiger partial charge in [0.2, 0.25) is 0 Å². The van der Waals surface area contributed by atoms with Crippen molar-refractivity contribution in [3.05, 3.63) is 29.6 Å². The van der Waals surface area contributed by atoms with Crippen LogP contribution in [0, 0.1) is 0 Å². The fourth-order valence-corrected chi connectivity index (χ4v) is 3.57. The molecule has 1 aliphatic rings. The zero-order valence-electron chi connectivity index (χ0n) is 10.9. The van der Waals surface area contributed by atoms with Gasteiger partial charge in [0.05, 0.1) is 5.56 Å². The standard InChI is InChI=1S/C13H16N2O3S/c1-8-6-15(7-9(2)19-8)12(16)11-10(13(17)18)4-3-5-14-11/h3-5,8-9H,6-7H2,1-2H3,(H,17,18). The summed E-state index contributed by atoms with van der Waals surface area (Å²) in [6.07, 6.45) is 1.45. The second-order valence-electron chi connectivity index (χ2n) is 4.67. The highest BCUT2D eigenvalue weighted by Crippen LogP contribution is 2.25. The molecule has 1 aromatic heterocycles. The van der Waals surface area contributed by atoms with Crippen LogP contribution in [0.1, 0.15) is 34.7 Å². The number of rotatable bonds is 2. The van der Waals surface area contributed by atoms with E-state index in [-0.39, 0.29) is 17.2 Å². The Labute approximate surface area is 116 Å². The molecule has 0 aromatic carbocycles. The SMILES string of the molecule is CC1CN(C(=O)c2ncccc2C(=O)O)CC(C)S1. The van der Waals surface area contributed by atoms with Gasteiger partial charge in [0.25, 0.3) is 5.91 Å². The molecule has 102 valence electrons. The van der Waals surface area contributed by atoms with Gasteiger partial charge in [-0.05, 0) is 12.1 Å². The summed E-state index contributed by atoms with van der Waals surface area (Å²) < 4.78 is 0. The molecule has 2 heterocycles. The third kappa shape index (κ3) is 3.07. The van der Waals surface area contributed by atoms with E-state index in [1.54, 1.807) is 4.90 Å². The summed E-state index contributed by atoms with van der Waals surface area (Å²) in [7, 11) is 0. The number of amides is 1. The molecule has 0 saturated carbocycles. The second kappa shape index (κ2) is 5.61. The molecule has 1 saturated heterocycles. The van der Waals surface area contributed by atoms with E-state index in [2.05, 4.69) is 18.8 Å². The first kappa shape index (κ1) is 13.9. The maximum absolute atomic E-state index is 12.4. The van der Waals surface area contributed by atoms with Crippen molar-refractivity contribution in [3.8, 4) is 0 Å². The lowest BCUT2D eigenvalue weighted by Crippen LogP contribution is -2.44. The average molecular weight is 280 g/mol. The monoisotopic (exact) mass is 280 g/mol. The number of pyridine rings is 1. The zero-order valence-corrected chi connectivity index (χ0v) is 11.7. The minimum Gasteiger partial charge on any atom is -0.478 e. The Morgan fingerprint density at radius 1 is 1.37 bits per heavy atom. The summed E-state index contributed by atoms with van der Waals surface area (Å²) in [4.78, 5) is 29.2. The van der Waals surface area contributed by atoms with Crippen molar-refractivity contribution >= 4 is 23.6 Å². The van der Waals surface area contributed by atoms with Crippen LogP contribution in [0.4, 0.5) is 0 Å². The minimum atomic E-state index is -1.12. The molecule has 19 heavy (non-hydrogen) atoms. The molecule has 1 aromatic rings. The molecule has 2 atom stereocenters. The summed E-state index contributed by atoms with van der Waals surface area (Å²) in [6, 6.07) is 2.94. The van der Waals surface area contributed by atoms with E-state index in [0.717, 1.165) is 0 Å². The number of thioether (sulfide) groups is 1. The fourth-order valence-electron chi connectivity index (χ4n) is 2.24. The van der Waals surface area contributed by atoms with Crippen LogP contribution < -0.4 is 0 Å². The fraction of sp³-hybridized carbons (Fsp3) is 0.462. The van der Waals surface area contributed by atoms with Gasteiger partial charge in [0.15, 0.2) is 0 Å². The third-order valence-corrected chi connectivity index (χ3v) is 4.17. The summed E-state index contributed by atoms with van der Waals surface area (Å²) in [6.45, 7) is 5.39. The lowest BCUT2D eigenvalue weighted by Gasteiger charge is -2.34. The highest BCUT2D eigenvalue weighted by Gasteiger charge is 2.29. The molecule has 0 spiro atoms. The number of nitrogens with zero attached hydrogens (tertiary/aromatic N) is 2. The molecule has 1 aliphatic heterocycles. The van der Waals surface area contributed by atoms with Gasteiger partial charge in [-0.1, -0.05) is 13.8 Å². The van der Waals surface area contributed by atoms with E-state index in [0.29, 0.717) is 23.6 Å². The van der Waals surface area contributed by atoms with Crippen LogP contribution in [-0.2, 0) is 0 Å². The van der Waals surface area contributed by atoms with Gasteiger partial charge in [-0.15, -0.1) is 0 Å². The lowest BCUT2D eigenvalue weighted by atomic mass is 10.1. The van der Waals surface area contributed by atoms with E-state index < -0.39 is 5.97 Å². The van der Waals surface area contributed by atoms with Crippen molar-refractivity contribution < 1.29 is 14.7 Å². The van der Waals surface area contributed by atoms with Crippen LogP contribution >= 0.6 is 11.8 Å². The van der Waals surface area contributed by atoms with Gasteiger partial charge in [-0.25, -0.2) is 4.79 Å². The Balaban J connectivity index is 2.27. The Morgan fingerprint density at radius 2 is 2.00 bits per heavy atom. The zero-order chi connectivity index (χ0) is 14.0. The average Bonchev–Trinajstić information content (AvgIpc) is 2.36. The largest absolute Gasteiger partial charge is 0.478 e. The molecule has 1 fully saturated rings. The number of carbonyl (C=O) groups is 2. The van der Waals surface area contributed by atoms with E-state index in [1.807, 2.05) is 11.8 Å². The Bertz CT molecular complexity index is 496. The Kier molecular flexibility index (Phi) is 4.09. The molecular weight excluding hydrogens is 264 g/mol. The van der Waals surface area contributed by atoms with E-state index in [1.165, 1.54) is 18.3 Å². The summed E-state index contributed by atoms with van der Waals surface area (Å²) >= 11 is 1.84. The topological polar surface area (TPSA) is 70.5 Å². The first-order chi connectivity index (χ1) is 8.99. The van der Waals surface area contributed by atoms with Crippen molar-refractivity contribution in [2.24, 2.45) is 0 Å². The first-order valence-electron chi connectivity index (χ1n) is 6.12. The van der Waals surface area contributed by atoms with Crippen LogP contribution in [0.5, 0.6) is 0 Å². The molecule has 2 unspecified atom stereocenters. The molecule has 1 amide bonds. The maximum atomic E-state index is 12.4. The summed E-state index contributed by atoms with van der Waals surface area (Å²) in [5.74, 6) is -1.42. The number of carbonyl (C=O) groups excluding carboxylic acids is 1. The van der Waals surface area contributed by atoms with Crippen LogP contribution in [0.15, 0.2) is 18.3 Å². The number of hydrogen-bond acceptors (Lipinski definition) is 4. The van der Waals surface area contributed by atoms with Gasteiger partial charge >= 0.3 is 5.97 Å². The van der Waals surface area contributed by atoms with Gasteiger partial charge in [0, 0.05) is 29.8 Å². The van der Waals surface area contributed by atoms with Crippen molar-refractivity contribution in [2.45, 2.75) is 24.3 Å². The second-order valence-corrected chi connectivity index (χ2v) is 6.55. The van der Waals surface area contributed by atoms with Crippen molar-refractivity contribution in [2.75, 3.05) is 13.1 Å². The predicted molar refractivity (Wildman–Crippen MR) is 73.6 cm³/mol. The third-order valence-electron chi connectivity index (χ3n) is 2.95. The van der Waals surface area contributed by atoms with Crippen molar-refractivity contribution in [3.63, 3.8) is 0 Å². The molecule has 2 rings (SSSR count). The molecule has 0 radical (unpaired) electrons. The Morgan fingerprint density at radius 3 is 2.58 bits per heavy atom. The summed E-state index contributed by atoms with van der Waals surface area (Å²) in [5.41, 5.74) is -0.00710. The van der Waals surface area contributed by atoms with Crippen molar-refractivity contribution in [1.82, 2.24) is 9.88 Å². The number of carboxylic acid groups (broad SMARTS) is 1. The number of aromatic nitrogens is 1. The summed E-state index contributed by atoms with van der Waals surface area (Å²) in [5, 5.41) is 9.81. The van der Waals surface area contributed by atoms with Gasteiger partial charge in [0.1, 0.15) is 5.69 Å². The van der Waals surface area contributed by atoms with E-state index in [4.69, 9.17) is 5.11 Å². The van der Waals surface area contributed by atoms with Gasteiger partial charge in [-0.3, -0.25) is 9.78 Å². The highest BCUT2D eigenvalue weighted by molar-refractivity contribution is 8.00. The molecule has 6 heteroatoms. The van der Waals surface area contributed by atoms with Crippen LogP contribution in [-0.4, -0.2) is 50.5 Å². The van der Waals surface area contributed by atoms with Crippen LogP contribution in [0.2, 0.25) is 0 Å². The molecule has 1 N–H and O–H groups in total. The lowest BCUT2D eigenvalue weighted by molar-refractivity contribution is 0.0671. The Hall–Kier alpha value is -1.56. The number of aromatic carboxylic acids is 1. The van der Waals surface area contributed by atoms with Crippen LogP contribution in [0.3, 0.4) is 0 Å². The first-order valence-corrected chi connectivity index (χ1v) is 7.06. The number of hydrogen-bond donors (Lipinski definition) is 1. The van der Waals surface area contributed by atoms with Gasteiger partial charge < -0.3 is 10.0 Å².